The average Bonchev–Trinajstić information content (AvgIpc) is 2.30. The van der Waals surface area contributed by atoms with E-state index < -0.39 is 10.0 Å². The number of hydrogen-bond donors (Lipinski definition) is 2. The van der Waals surface area contributed by atoms with Crippen LogP contribution in [0.5, 0.6) is 0 Å². The van der Waals surface area contributed by atoms with Crippen molar-refractivity contribution >= 4 is 10.0 Å². The summed E-state index contributed by atoms with van der Waals surface area (Å²) in [7, 11) is -1.35. The van der Waals surface area contributed by atoms with Gasteiger partial charge in [-0.2, -0.15) is 0 Å². The normalized spacial score (nSPS) is 20.4. The van der Waals surface area contributed by atoms with Gasteiger partial charge in [0.15, 0.2) is 0 Å². The Bertz CT molecular complexity index is 339. The standard InChI is InChI=1S/C12H26N2O3S/c1-4-18(15,16)14-8-11(2)13-9-12(10-17-3)6-5-7-12/h11,13-14H,4-10H2,1-3H3. The summed E-state index contributed by atoms with van der Waals surface area (Å²) in [6.45, 7) is 5.77. The van der Waals surface area contributed by atoms with Crippen LogP contribution in [0.15, 0.2) is 0 Å². The second-order valence-electron chi connectivity index (χ2n) is 5.32. The fraction of sp³-hybridized carbons (Fsp3) is 1.00. The second kappa shape index (κ2) is 6.84. The predicted molar refractivity (Wildman–Crippen MR) is 73.1 cm³/mol. The first-order chi connectivity index (χ1) is 8.43. The molecule has 1 unspecified atom stereocenters. The molecule has 0 aliphatic heterocycles. The molecule has 6 heteroatoms. The van der Waals surface area contributed by atoms with E-state index in [-0.39, 0.29) is 17.2 Å². The molecule has 1 aliphatic rings. The first-order valence-electron chi connectivity index (χ1n) is 6.63. The first-order valence-corrected chi connectivity index (χ1v) is 8.28. The van der Waals surface area contributed by atoms with Crippen molar-refractivity contribution in [2.75, 3.05) is 32.6 Å². The number of nitrogens with one attached hydrogen (secondary N) is 2. The van der Waals surface area contributed by atoms with Gasteiger partial charge in [-0.3, -0.25) is 0 Å². The van der Waals surface area contributed by atoms with Gasteiger partial charge in [-0.25, -0.2) is 13.1 Å². The lowest BCUT2D eigenvalue weighted by Crippen LogP contribution is -2.48. The van der Waals surface area contributed by atoms with Crippen molar-refractivity contribution in [2.45, 2.75) is 39.2 Å². The summed E-state index contributed by atoms with van der Waals surface area (Å²) in [5, 5.41) is 3.40. The third-order valence-electron chi connectivity index (χ3n) is 3.68. The molecular formula is C12H26N2O3S. The first kappa shape index (κ1) is 15.9. The molecule has 2 N–H and O–H groups in total. The Hall–Kier alpha value is -0.170. The molecule has 1 fully saturated rings. The molecule has 0 aromatic rings. The van der Waals surface area contributed by atoms with E-state index in [0.29, 0.717) is 6.54 Å². The van der Waals surface area contributed by atoms with Crippen LogP contribution in [0.2, 0.25) is 0 Å². The van der Waals surface area contributed by atoms with E-state index in [4.69, 9.17) is 4.74 Å². The highest BCUT2D eigenvalue weighted by Gasteiger charge is 2.36. The number of rotatable bonds is 9. The molecule has 1 saturated carbocycles. The van der Waals surface area contributed by atoms with Crippen LogP contribution in [0.25, 0.3) is 0 Å². The van der Waals surface area contributed by atoms with E-state index in [1.165, 1.54) is 19.3 Å². The van der Waals surface area contributed by atoms with Crippen LogP contribution in [-0.4, -0.2) is 47.0 Å². The molecule has 0 spiro atoms. The number of methoxy groups -OCH3 is 1. The smallest absolute Gasteiger partial charge is 0.211 e. The topological polar surface area (TPSA) is 67.4 Å². The SMILES string of the molecule is CCS(=O)(=O)NCC(C)NCC1(COC)CCC1. The highest BCUT2D eigenvalue weighted by molar-refractivity contribution is 7.89. The summed E-state index contributed by atoms with van der Waals surface area (Å²) in [5.41, 5.74) is 0.270. The second-order valence-corrected chi connectivity index (χ2v) is 7.42. The molecular weight excluding hydrogens is 252 g/mol. The van der Waals surface area contributed by atoms with Gasteiger partial charge in [-0.15, -0.1) is 0 Å². The van der Waals surface area contributed by atoms with Crippen LogP contribution in [0, 0.1) is 5.41 Å². The monoisotopic (exact) mass is 278 g/mol. The lowest BCUT2D eigenvalue weighted by molar-refractivity contribution is 0.0164. The van der Waals surface area contributed by atoms with Gasteiger partial charge in [-0.05, 0) is 26.7 Å². The minimum Gasteiger partial charge on any atom is -0.384 e. The average molecular weight is 278 g/mol. The molecule has 0 radical (unpaired) electrons. The van der Waals surface area contributed by atoms with Gasteiger partial charge in [0.2, 0.25) is 10.0 Å². The molecule has 0 amide bonds. The van der Waals surface area contributed by atoms with Gasteiger partial charge in [0.05, 0.1) is 12.4 Å². The molecule has 108 valence electrons. The Labute approximate surface area is 111 Å². The van der Waals surface area contributed by atoms with Gasteiger partial charge in [-0.1, -0.05) is 6.42 Å². The van der Waals surface area contributed by atoms with E-state index in [2.05, 4.69) is 10.0 Å². The molecule has 1 aliphatic carbocycles. The Balaban J connectivity index is 2.26. The van der Waals surface area contributed by atoms with Gasteiger partial charge >= 0.3 is 0 Å². The molecule has 18 heavy (non-hydrogen) atoms. The summed E-state index contributed by atoms with van der Waals surface area (Å²) in [6.07, 6.45) is 3.66. The summed E-state index contributed by atoms with van der Waals surface area (Å²) in [4.78, 5) is 0. The molecule has 0 aromatic carbocycles. The van der Waals surface area contributed by atoms with Crippen LogP contribution < -0.4 is 10.0 Å². The highest BCUT2D eigenvalue weighted by Crippen LogP contribution is 2.40. The Morgan fingerprint density at radius 2 is 2.06 bits per heavy atom. The molecule has 0 aromatic heterocycles. The van der Waals surface area contributed by atoms with Gasteiger partial charge in [0.25, 0.3) is 0 Å². The maximum absolute atomic E-state index is 11.3. The van der Waals surface area contributed by atoms with Crippen LogP contribution in [0.1, 0.15) is 33.1 Å². The van der Waals surface area contributed by atoms with E-state index in [1.54, 1.807) is 14.0 Å². The van der Waals surface area contributed by atoms with Crippen molar-refractivity contribution in [3.63, 3.8) is 0 Å². The zero-order valence-corrected chi connectivity index (χ0v) is 12.5. The van der Waals surface area contributed by atoms with Crippen molar-refractivity contribution in [1.29, 1.82) is 0 Å². The minimum absolute atomic E-state index is 0.132. The summed E-state index contributed by atoms with van der Waals surface area (Å²) < 4.78 is 30.5. The zero-order valence-electron chi connectivity index (χ0n) is 11.7. The highest BCUT2D eigenvalue weighted by atomic mass is 32.2. The third kappa shape index (κ3) is 4.84. The number of sulfonamides is 1. The van der Waals surface area contributed by atoms with E-state index in [0.717, 1.165) is 13.2 Å². The van der Waals surface area contributed by atoms with Crippen molar-refractivity contribution < 1.29 is 13.2 Å². The third-order valence-corrected chi connectivity index (χ3v) is 5.05. The van der Waals surface area contributed by atoms with Crippen molar-refractivity contribution in [2.24, 2.45) is 5.41 Å². The fourth-order valence-corrected chi connectivity index (χ4v) is 2.88. The van der Waals surface area contributed by atoms with Crippen molar-refractivity contribution in [3.05, 3.63) is 0 Å². The largest absolute Gasteiger partial charge is 0.384 e. The molecule has 0 heterocycles. The van der Waals surface area contributed by atoms with Crippen molar-refractivity contribution in [3.8, 4) is 0 Å². The van der Waals surface area contributed by atoms with Gasteiger partial charge < -0.3 is 10.1 Å². The predicted octanol–water partition coefficient (Wildman–Crippen LogP) is 0.721. The van der Waals surface area contributed by atoms with E-state index in [9.17, 15) is 8.42 Å². The molecule has 0 bridgehead atoms. The van der Waals surface area contributed by atoms with Crippen LogP contribution in [0.3, 0.4) is 0 Å². The lowest BCUT2D eigenvalue weighted by Gasteiger charge is -2.42. The van der Waals surface area contributed by atoms with Crippen molar-refractivity contribution in [1.82, 2.24) is 10.0 Å². The molecule has 0 saturated heterocycles. The van der Waals surface area contributed by atoms with E-state index >= 15 is 0 Å². The molecule has 1 rings (SSSR count). The van der Waals surface area contributed by atoms with E-state index in [1.807, 2.05) is 6.92 Å². The number of hydrogen-bond acceptors (Lipinski definition) is 4. The van der Waals surface area contributed by atoms with Crippen LogP contribution in [0.4, 0.5) is 0 Å². The number of ether oxygens (including phenoxy) is 1. The van der Waals surface area contributed by atoms with Crippen LogP contribution in [-0.2, 0) is 14.8 Å². The quantitative estimate of drug-likeness (QED) is 0.652. The fourth-order valence-electron chi connectivity index (χ4n) is 2.17. The summed E-state index contributed by atoms with van der Waals surface area (Å²) >= 11 is 0. The summed E-state index contributed by atoms with van der Waals surface area (Å²) in [6, 6.07) is 0.139. The molecule has 5 nitrogen and oxygen atoms in total. The van der Waals surface area contributed by atoms with Crippen LogP contribution >= 0.6 is 0 Å². The Morgan fingerprint density at radius 3 is 2.50 bits per heavy atom. The maximum atomic E-state index is 11.3. The van der Waals surface area contributed by atoms with Gasteiger partial charge in [0, 0.05) is 31.7 Å². The zero-order chi connectivity index (χ0) is 13.6. The maximum Gasteiger partial charge on any atom is 0.211 e. The Morgan fingerprint density at radius 1 is 1.39 bits per heavy atom. The summed E-state index contributed by atoms with van der Waals surface area (Å²) in [5.74, 6) is 0.132. The lowest BCUT2D eigenvalue weighted by atomic mass is 9.69. The minimum atomic E-state index is -3.08. The Kier molecular flexibility index (Phi) is 6.04. The van der Waals surface area contributed by atoms with Gasteiger partial charge in [0.1, 0.15) is 0 Å². The molecule has 1 atom stereocenters.